The number of hydrogen-bond acceptors (Lipinski definition) is 9. The van der Waals surface area contributed by atoms with E-state index in [1.807, 2.05) is 32.0 Å². The highest BCUT2D eigenvalue weighted by atomic mass is 19.1. The summed E-state index contributed by atoms with van der Waals surface area (Å²) in [5.41, 5.74) is 3.04. The van der Waals surface area contributed by atoms with Gasteiger partial charge in [0.1, 0.15) is 41.1 Å². The molecule has 10 rings (SSSR count). The fourth-order valence-electron chi connectivity index (χ4n) is 12.4. The summed E-state index contributed by atoms with van der Waals surface area (Å²) in [5.74, 6) is -2.94. The molecule has 16 nitrogen and oxygen atoms in total. The lowest BCUT2D eigenvalue weighted by Crippen LogP contribution is -2.51. The topological polar surface area (TPSA) is 192 Å². The van der Waals surface area contributed by atoms with Gasteiger partial charge >= 0.3 is 12.2 Å². The molecule has 0 aliphatic carbocycles. The number of ether oxygens (including phenoxy) is 1. The van der Waals surface area contributed by atoms with Gasteiger partial charge in [-0.2, -0.15) is 0 Å². The minimum absolute atomic E-state index is 0.0972. The van der Waals surface area contributed by atoms with Gasteiger partial charge in [0.2, 0.25) is 11.8 Å². The smallest absolute Gasteiger partial charge is 0.407 e. The number of nitrogens with zero attached hydrogens (tertiary/aromatic N) is 6. The van der Waals surface area contributed by atoms with Crippen molar-refractivity contribution in [2.24, 2.45) is 17.8 Å². The number of anilines is 2. The SMILES string of the molecule is COC(=O)N[C@H](C(=O)N1CCC[C@H]1c1nc2cc(F)c([C@H]3CC[C@H](c4cc5[nH]c([C@@H]6CCCN6C(=O)[C@@H](NC(=O)O)C(C)C)nc5cc4F)N3c3cc(F)c(N4CCC(Cc5ccccc5)CC4)c(F)c3)cc2[nH]1)C(C)C. The Morgan fingerprint density at radius 3 is 1.61 bits per heavy atom. The quantitative estimate of drug-likeness (QED) is 0.0656. The Hall–Kier alpha value is -7.38. The molecular formula is C57H66F4N10O6. The van der Waals surface area contributed by atoms with Gasteiger partial charge in [-0.25, -0.2) is 37.1 Å². The third-order valence-electron chi connectivity index (χ3n) is 16.2. The molecule has 0 radical (unpaired) electrons. The maximum absolute atomic E-state index is 16.9. The van der Waals surface area contributed by atoms with E-state index in [-0.39, 0.29) is 64.5 Å². The normalized spacial score (nSPS) is 21.0. The van der Waals surface area contributed by atoms with Crippen LogP contribution in [0.4, 0.5) is 38.5 Å². The van der Waals surface area contributed by atoms with Gasteiger partial charge in [0.25, 0.3) is 0 Å². The molecule has 4 aliphatic rings. The first-order valence-corrected chi connectivity index (χ1v) is 26.9. The van der Waals surface area contributed by atoms with Crippen LogP contribution in [0.25, 0.3) is 22.1 Å². The van der Waals surface area contributed by atoms with Crippen molar-refractivity contribution >= 4 is 57.4 Å². The third-order valence-corrected chi connectivity index (χ3v) is 16.2. The van der Waals surface area contributed by atoms with Gasteiger partial charge in [0.05, 0.1) is 53.3 Å². The van der Waals surface area contributed by atoms with E-state index in [0.29, 0.717) is 86.0 Å². The number of amides is 4. The van der Waals surface area contributed by atoms with Gasteiger partial charge in [0.15, 0.2) is 11.6 Å². The minimum Gasteiger partial charge on any atom is -0.465 e. The maximum atomic E-state index is 16.9. The molecule has 0 saturated carbocycles. The zero-order valence-corrected chi connectivity index (χ0v) is 43.9. The Bertz CT molecular complexity index is 3160. The molecule has 4 aliphatic heterocycles. The second-order valence-corrected chi connectivity index (χ2v) is 21.8. The second kappa shape index (κ2) is 21.9. The monoisotopic (exact) mass is 1060 g/mol. The van der Waals surface area contributed by atoms with Crippen molar-refractivity contribution in [1.29, 1.82) is 0 Å². The molecule has 20 heteroatoms. The first kappa shape index (κ1) is 53.0. The molecule has 0 spiro atoms. The number of aromatic nitrogens is 4. The van der Waals surface area contributed by atoms with Crippen LogP contribution in [0.1, 0.15) is 132 Å². The van der Waals surface area contributed by atoms with Crippen LogP contribution in [-0.2, 0) is 20.7 Å². The molecule has 77 heavy (non-hydrogen) atoms. The Labute approximate surface area is 443 Å². The molecular weight excluding hydrogens is 997 g/mol. The maximum Gasteiger partial charge on any atom is 0.407 e. The standard InChI is InChI=1S/C57H66F4N10O6/c1-30(2)49(66-56(74)75)54(72)69-19-9-13-47(69)52-62-41-26-35(37(58)28-43(41)64-52)45-15-16-46(71(45)34-24-39(60)51(40(61)25-34)68-21-17-33(18-22-68)23-32-11-7-6-8-12-32)36-27-42-44(29-38(36)59)65-53(63-42)48-14-10-20-70(48)55(73)50(31(3)4)67-57(76)77-5/h6-8,11-12,24-31,33,45-50,66H,9-10,13-23H2,1-5H3,(H,62,64)(H,63,65)(H,67,76)(H,74,75)/t45-,46-,47+,48+,49+,50+/m1/s1. The number of carbonyl (C=O) groups is 4. The number of aromatic amines is 2. The largest absolute Gasteiger partial charge is 0.465 e. The minimum atomic E-state index is -1.31. The van der Waals surface area contributed by atoms with Gasteiger partial charge in [-0.3, -0.25) is 9.59 Å². The Morgan fingerprint density at radius 2 is 1.14 bits per heavy atom. The summed E-state index contributed by atoms with van der Waals surface area (Å²) in [6, 6.07) is 13.9. The molecule has 4 saturated heterocycles. The van der Waals surface area contributed by atoms with E-state index in [2.05, 4.69) is 32.7 Å². The predicted molar refractivity (Wildman–Crippen MR) is 282 cm³/mol. The fraction of sp³-hybridized carbons (Fsp3) is 0.474. The van der Waals surface area contributed by atoms with Crippen LogP contribution < -0.4 is 20.4 Å². The Kier molecular flexibility index (Phi) is 15.1. The van der Waals surface area contributed by atoms with Crippen molar-refractivity contribution in [3.63, 3.8) is 0 Å². The molecule has 4 amide bonds. The van der Waals surface area contributed by atoms with Crippen molar-refractivity contribution in [3.05, 3.63) is 118 Å². The summed E-state index contributed by atoms with van der Waals surface area (Å²) in [7, 11) is 1.23. The number of imidazole rings is 2. The highest BCUT2D eigenvalue weighted by molar-refractivity contribution is 5.87. The predicted octanol–water partition coefficient (Wildman–Crippen LogP) is 10.5. The molecule has 5 N–H and O–H groups in total. The van der Waals surface area contributed by atoms with E-state index in [9.17, 15) is 24.3 Å². The molecule has 4 aromatic carbocycles. The van der Waals surface area contributed by atoms with E-state index in [1.54, 1.807) is 45.6 Å². The molecule has 4 fully saturated rings. The van der Waals surface area contributed by atoms with Crippen LogP contribution in [-0.4, -0.2) is 104 Å². The van der Waals surface area contributed by atoms with Crippen LogP contribution in [0, 0.1) is 41.0 Å². The van der Waals surface area contributed by atoms with Crippen molar-refractivity contribution < 1.29 is 46.6 Å². The van der Waals surface area contributed by atoms with Gasteiger partial charge < -0.3 is 50.0 Å². The number of carbonyl (C=O) groups excluding carboxylic acids is 3. The average molecular weight is 1060 g/mol. The number of alkyl carbamates (subject to hydrolysis) is 1. The number of benzene rings is 4. The van der Waals surface area contributed by atoms with E-state index < -0.39 is 71.7 Å². The number of halogens is 4. The summed E-state index contributed by atoms with van der Waals surface area (Å²) in [6.07, 6.45) is 3.24. The number of carboxylic acid groups (broad SMARTS) is 1. The van der Waals surface area contributed by atoms with Crippen LogP contribution in [0.2, 0.25) is 0 Å². The Morgan fingerprint density at radius 1 is 0.649 bits per heavy atom. The van der Waals surface area contributed by atoms with Crippen LogP contribution in [0.5, 0.6) is 0 Å². The molecule has 0 bridgehead atoms. The number of fused-ring (bicyclic) bond motifs is 2. The second-order valence-electron chi connectivity index (χ2n) is 21.8. The highest BCUT2D eigenvalue weighted by Crippen LogP contribution is 2.50. The number of H-pyrrole nitrogens is 2. The van der Waals surface area contributed by atoms with Gasteiger partial charge in [-0.05, 0) is 105 Å². The fourth-order valence-corrected chi connectivity index (χ4v) is 12.4. The number of piperidine rings is 1. The van der Waals surface area contributed by atoms with Crippen molar-refractivity contribution in [1.82, 2.24) is 40.4 Å². The molecule has 6 heterocycles. The average Bonchev–Trinajstić information content (AvgIpc) is 4.29. The van der Waals surface area contributed by atoms with E-state index in [0.717, 1.165) is 19.3 Å². The number of methoxy groups -OCH3 is 1. The molecule has 0 unspecified atom stereocenters. The zero-order valence-electron chi connectivity index (χ0n) is 43.9. The first-order chi connectivity index (χ1) is 37.0. The van der Waals surface area contributed by atoms with Crippen LogP contribution in [0.15, 0.2) is 66.7 Å². The number of hydrogen-bond donors (Lipinski definition) is 5. The molecule has 6 atom stereocenters. The summed E-state index contributed by atoms with van der Waals surface area (Å²) in [5, 5.41) is 14.5. The Balaban J connectivity index is 0.989. The van der Waals surface area contributed by atoms with Gasteiger partial charge in [-0.1, -0.05) is 58.0 Å². The van der Waals surface area contributed by atoms with Crippen molar-refractivity contribution in [2.75, 3.05) is 43.1 Å². The van der Waals surface area contributed by atoms with Crippen LogP contribution in [0.3, 0.4) is 0 Å². The van der Waals surface area contributed by atoms with Crippen LogP contribution >= 0.6 is 0 Å². The van der Waals surface area contributed by atoms with Gasteiger partial charge in [0, 0.05) is 55.1 Å². The van der Waals surface area contributed by atoms with Crippen molar-refractivity contribution in [3.8, 4) is 0 Å². The zero-order chi connectivity index (χ0) is 54.4. The van der Waals surface area contributed by atoms with Gasteiger partial charge in [-0.15, -0.1) is 0 Å². The molecule has 6 aromatic rings. The summed E-state index contributed by atoms with van der Waals surface area (Å²) in [4.78, 5) is 74.5. The number of rotatable bonds is 14. The first-order valence-electron chi connectivity index (χ1n) is 26.9. The highest BCUT2D eigenvalue weighted by Gasteiger charge is 2.42. The number of nitrogens with one attached hydrogen (secondary N) is 4. The summed E-state index contributed by atoms with van der Waals surface area (Å²) in [6.45, 7) is 8.85. The molecule has 2 aromatic heterocycles. The summed E-state index contributed by atoms with van der Waals surface area (Å²) < 4.78 is 72.3. The lowest BCUT2D eigenvalue weighted by atomic mass is 9.90. The third kappa shape index (κ3) is 10.6. The van der Waals surface area contributed by atoms with Crippen molar-refractivity contribution in [2.45, 2.75) is 122 Å². The molecule has 408 valence electrons. The lowest BCUT2D eigenvalue weighted by molar-refractivity contribution is -0.136. The lowest BCUT2D eigenvalue weighted by Gasteiger charge is -2.36. The summed E-state index contributed by atoms with van der Waals surface area (Å²) >= 11 is 0. The van der Waals surface area contributed by atoms with E-state index in [4.69, 9.17) is 14.7 Å². The number of likely N-dealkylation sites (tertiary alicyclic amines) is 2. The van der Waals surface area contributed by atoms with E-state index in [1.165, 1.54) is 36.9 Å². The van der Waals surface area contributed by atoms with E-state index >= 15 is 17.6 Å².